The van der Waals surface area contributed by atoms with E-state index in [1.54, 1.807) is 12.4 Å². The predicted molar refractivity (Wildman–Crippen MR) is 97.0 cm³/mol. The molecule has 3 rings (SSSR count). The van der Waals surface area contributed by atoms with Crippen LogP contribution in [0.15, 0.2) is 72.2 Å². The van der Waals surface area contributed by atoms with E-state index >= 15 is 0 Å². The molecule has 0 aliphatic heterocycles. The van der Waals surface area contributed by atoms with Crippen molar-refractivity contribution in [1.29, 1.82) is 0 Å². The van der Waals surface area contributed by atoms with Gasteiger partial charge in [0.15, 0.2) is 0 Å². The Morgan fingerprint density at radius 3 is 3.00 bits per heavy atom. The largest absolute Gasteiger partial charge is 0.399 e. The Kier molecular flexibility index (Phi) is 4.72. The number of anilines is 1. The van der Waals surface area contributed by atoms with E-state index in [1.165, 1.54) is 0 Å². The van der Waals surface area contributed by atoms with Gasteiger partial charge in [0.2, 0.25) is 5.91 Å². The average Bonchev–Trinajstić information content (AvgIpc) is 2.80. The molecule has 1 amide bonds. The summed E-state index contributed by atoms with van der Waals surface area (Å²) in [4.78, 5) is 16.7. The van der Waals surface area contributed by atoms with E-state index in [2.05, 4.69) is 10.3 Å². The first kappa shape index (κ1) is 16.0. The van der Waals surface area contributed by atoms with Crippen molar-refractivity contribution < 1.29 is 4.79 Å². The second-order valence-electron chi connectivity index (χ2n) is 5.70. The lowest BCUT2D eigenvalue weighted by Gasteiger charge is -2.16. The topological polar surface area (TPSA) is 94.0 Å². The number of fused-ring (bicyclic) bond motifs is 1. The van der Waals surface area contributed by atoms with Crippen LogP contribution in [0.3, 0.4) is 0 Å². The van der Waals surface area contributed by atoms with Crippen molar-refractivity contribution in [3.8, 4) is 0 Å². The van der Waals surface area contributed by atoms with Gasteiger partial charge >= 0.3 is 0 Å². The summed E-state index contributed by atoms with van der Waals surface area (Å²) in [6, 6.07) is 7.63. The molecule has 1 aromatic carbocycles. The van der Waals surface area contributed by atoms with Gasteiger partial charge in [-0.3, -0.25) is 9.78 Å². The van der Waals surface area contributed by atoms with E-state index in [0.29, 0.717) is 5.70 Å². The molecule has 5 heteroatoms. The van der Waals surface area contributed by atoms with Crippen LogP contribution in [0, 0.1) is 5.92 Å². The Balaban J connectivity index is 1.82. The van der Waals surface area contributed by atoms with Gasteiger partial charge in [0.05, 0.1) is 5.92 Å². The molecular weight excluding hydrogens is 300 g/mol. The number of nitrogens with one attached hydrogen (secondary N) is 1. The standard InChI is InChI=1S/C19H20N4O/c20-11-18(14-3-1-2-4-16(21)9-14)19(24)23-17-6-5-15-12-22-8-7-13(15)10-17/h1,3-10,12,18H,2,11,20-21H2,(H,23,24). The molecule has 122 valence electrons. The van der Waals surface area contributed by atoms with Crippen LogP contribution in [0.1, 0.15) is 6.42 Å². The molecule has 1 heterocycles. The number of aromatic nitrogens is 1. The van der Waals surface area contributed by atoms with Crippen molar-refractivity contribution in [3.63, 3.8) is 0 Å². The molecule has 5 nitrogen and oxygen atoms in total. The van der Waals surface area contributed by atoms with E-state index in [0.717, 1.165) is 28.5 Å². The highest BCUT2D eigenvalue weighted by atomic mass is 16.1. The molecule has 0 saturated carbocycles. The van der Waals surface area contributed by atoms with Crippen molar-refractivity contribution >= 4 is 22.4 Å². The van der Waals surface area contributed by atoms with Gasteiger partial charge in [0.25, 0.3) is 0 Å². The van der Waals surface area contributed by atoms with Gasteiger partial charge in [0, 0.05) is 35.7 Å². The fourth-order valence-electron chi connectivity index (χ4n) is 2.71. The SMILES string of the molecule is NCC(C(=O)Nc1ccc2cnccc2c1)C1=CC(N)=CCC=C1. The number of nitrogens with two attached hydrogens (primary N) is 2. The molecule has 24 heavy (non-hydrogen) atoms. The Hall–Kier alpha value is -2.92. The van der Waals surface area contributed by atoms with Crippen molar-refractivity contribution in [2.75, 3.05) is 11.9 Å². The fraction of sp³-hybridized carbons (Fsp3) is 0.158. The fourth-order valence-corrected chi connectivity index (χ4v) is 2.71. The number of benzene rings is 1. The quantitative estimate of drug-likeness (QED) is 0.806. The van der Waals surface area contributed by atoms with Crippen molar-refractivity contribution in [2.24, 2.45) is 17.4 Å². The van der Waals surface area contributed by atoms with E-state index in [9.17, 15) is 4.79 Å². The van der Waals surface area contributed by atoms with Crippen LogP contribution in [0.5, 0.6) is 0 Å². The van der Waals surface area contributed by atoms with E-state index in [1.807, 2.05) is 48.6 Å². The van der Waals surface area contributed by atoms with Crippen LogP contribution in [0.2, 0.25) is 0 Å². The van der Waals surface area contributed by atoms with Gasteiger partial charge < -0.3 is 16.8 Å². The third-order valence-corrected chi connectivity index (χ3v) is 4.00. The van der Waals surface area contributed by atoms with E-state index < -0.39 is 5.92 Å². The Morgan fingerprint density at radius 2 is 2.17 bits per heavy atom. The third kappa shape index (κ3) is 3.52. The maximum Gasteiger partial charge on any atom is 0.233 e. The lowest BCUT2D eigenvalue weighted by atomic mass is 9.96. The molecule has 0 fully saturated rings. The molecule has 1 aliphatic rings. The minimum atomic E-state index is -0.445. The van der Waals surface area contributed by atoms with Crippen LogP contribution in [0.25, 0.3) is 10.8 Å². The lowest BCUT2D eigenvalue weighted by molar-refractivity contribution is -0.118. The summed E-state index contributed by atoms with van der Waals surface area (Å²) in [6.07, 6.45) is 11.9. The number of amides is 1. The zero-order chi connectivity index (χ0) is 16.9. The predicted octanol–water partition coefficient (Wildman–Crippen LogP) is 2.48. The molecule has 0 saturated heterocycles. The molecule has 5 N–H and O–H groups in total. The van der Waals surface area contributed by atoms with Crippen LogP contribution >= 0.6 is 0 Å². The molecule has 0 bridgehead atoms. The van der Waals surface area contributed by atoms with Crippen molar-refractivity contribution in [3.05, 3.63) is 72.2 Å². The summed E-state index contributed by atoms with van der Waals surface area (Å²) in [5, 5.41) is 4.99. The summed E-state index contributed by atoms with van der Waals surface area (Å²) in [6.45, 7) is 0.215. The van der Waals surface area contributed by atoms with Gasteiger partial charge in [-0.25, -0.2) is 0 Å². The van der Waals surface area contributed by atoms with Crippen LogP contribution in [-0.4, -0.2) is 17.4 Å². The normalized spacial score (nSPS) is 15.4. The van der Waals surface area contributed by atoms with Gasteiger partial charge in [-0.1, -0.05) is 24.3 Å². The van der Waals surface area contributed by atoms with E-state index in [4.69, 9.17) is 11.5 Å². The number of hydrogen-bond donors (Lipinski definition) is 3. The lowest BCUT2D eigenvalue weighted by Crippen LogP contribution is -2.30. The van der Waals surface area contributed by atoms with Crippen LogP contribution in [-0.2, 0) is 4.79 Å². The Morgan fingerprint density at radius 1 is 1.29 bits per heavy atom. The first-order chi connectivity index (χ1) is 11.7. The molecule has 2 aromatic rings. The number of carbonyl (C=O) groups is 1. The number of carbonyl (C=O) groups excluding carboxylic acids is 1. The highest BCUT2D eigenvalue weighted by molar-refractivity contribution is 5.97. The molecule has 1 aromatic heterocycles. The van der Waals surface area contributed by atoms with Gasteiger partial charge in [-0.2, -0.15) is 0 Å². The van der Waals surface area contributed by atoms with Crippen molar-refractivity contribution in [2.45, 2.75) is 6.42 Å². The number of rotatable bonds is 4. The van der Waals surface area contributed by atoms with Crippen LogP contribution in [0.4, 0.5) is 5.69 Å². The average molecular weight is 320 g/mol. The summed E-state index contributed by atoms with van der Waals surface area (Å²) in [5.74, 6) is -0.587. The molecule has 1 atom stereocenters. The second-order valence-corrected chi connectivity index (χ2v) is 5.70. The number of nitrogens with zero attached hydrogens (tertiary/aromatic N) is 1. The second kappa shape index (κ2) is 7.10. The van der Waals surface area contributed by atoms with Gasteiger partial charge in [-0.05, 0) is 41.7 Å². The monoisotopic (exact) mass is 320 g/mol. The zero-order valence-corrected chi connectivity index (χ0v) is 13.3. The Labute approximate surface area is 140 Å². The summed E-state index contributed by atoms with van der Waals surface area (Å²) < 4.78 is 0. The number of hydrogen-bond acceptors (Lipinski definition) is 4. The minimum absolute atomic E-state index is 0.142. The number of pyridine rings is 1. The van der Waals surface area contributed by atoms with Gasteiger partial charge in [0.1, 0.15) is 0 Å². The molecule has 0 radical (unpaired) electrons. The summed E-state index contributed by atoms with van der Waals surface area (Å²) in [5.41, 5.74) is 14.0. The zero-order valence-electron chi connectivity index (χ0n) is 13.3. The minimum Gasteiger partial charge on any atom is -0.399 e. The van der Waals surface area contributed by atoms with E-state index in [-0.39, 0.29) is 12.5 Å². The first-order valence-electron chi connectivity index (χ1n) is 7.86. The molecule has 1 unspecified atom stereocenters. The highest BCUT2D eigenvalue weighted by Gasteiger charge is 2.20. The maximum absolute atomic E-state index is 12.7. The summed E-state index contributed by atoms with van der Waals surface area (Å²) in [7, 11) is 0. The Bertz CT molecular complexity index is 851. The summed E-state index contributed by atoms with van der Waals surface area (Å²) >= 11 is 0. The highest BCUT2D eigenvalue weighted by Crippen LogP contribution is 2.21. The first-order valence-corrected chi connectivity index (χ1v) is 7.86. The van der Waals surface area contributed by atoms with Crippen molar-refractivity contribution in [1.82, 2.24) is 4.98 Å². The molecule has 1 aliphatic carbocycles. The smallest absolute Gasteiger partial charge is 0.233 e. The maximum atomic E-state index is 12.7. The van der Waals surface area contributed by atoms with Gasteiger partial charge in [-0.15, -0.1) is 0 Å². The third-order valence-electron chi connectivity index (χ3n) is 4.00. The molecular formula is C19H20N4O. The van der Waals surface area contributed by atoms with Crippen LogP contribution < -0.4 is 16.8 Å². The number of allylic oxidation sites excluding steroid dienone is 4. The molecule has 0 spiro atoms.